The van der Waals surface area contributed by atoms with Crippen molar-refractivity contribution in [1.29, 1.82) is 0 Å². The van der Waals surface area contributed by atoms with E-state index in [4.69, 9.17) is 0 Å². The molecule has 0 atom stereocenters. The van der Waals surface area contributed by atoms with Gasteiger partial charge in [-0.2, -0.15) is 8.78 Å². The van der Waals surface area contributed by atoms with Crippen LogP contribution in [0.3, 0.4) is 0 Å². The lowest BCUT2D eigenvalue weighted by Gasteiger charge is -2.12. The number of alkyl halides is 2. The average molecular weight is 295 g/mol. The van der Waals surface area contributed by atoms with Gasteiger partial charge in [-0.05, 0) is 12.1 Å². The monoisotopic (exact) mass is 295 g/mol. The van der Waals surface area contributed by atoms with E-state index in [1.54, 1.807) is 30.3 Å². The van der Waals surface area contributed by atoms with E-state index in [2.05, 4.69) is 10.1 Å². The molecule has 0 aliphatic heterocycles. The molecule has 0 bridgehead atoms. The maximum absolute atomic E-state index is 12.3. The number of halogens is 2. The Labute approximate surface area is 120 Å². The van der Waals surface area contributed by atoms with Crippen LogP contribution in [0.15, 0.2) is 42.5 Å². The van der Waals surface area contributed by atoms with Crippen LogP contribution in [-0.2, 0) is 13.1 Å². The Hall–Kier alpha value is -2.34. The molecule has 0 radical (unpaired) electrons. The quantitative estimate of drug-likeness (QED) is 0.717. The van der Waals surface area contributed by atoms with Crippen molar-refractivity contribution in [3.8, 4) is 17.2 Å². The largest absolute Gasteiger partial charge is 0.504 e. The van der Waals surface area contributed by atoms with Gasteiger partial charge in [-0.25, -0.2) is 0 Å². The van der Waals surface area contributed by atoms with Crippen LogP contribution >= 0.6 is 0 Å². The Morgan fingerprint density at radius 1 is 0.952 bits per heavy atom. The molecule has 3 N–H and O–H groups in total. The van der Waals surface area contributed by atoms with Crippen molar-refractivity contribution in [3.63, 3.8) is 0 Å². The van der Waals surface area contributed by atoms with Crippen molar-refractivity contribution in [1.82, 2.24) is 5.32 Å². The zero-order valence-corrected chi connectivity index (χ0v) is 11.1. The summed E-state index contributed by atoms with van der Waals surface area (Å²) in [7, 11) is 0. The van der Waals surface area contributed by atoms with Gasteiger partial charge in [-0.15, -0.1) is 0 Å². The fourth-order valence-electron chi connectivity index (χ4n) is 1.91. The average Bonchev–Trinajstić information content (AvgIpc) is 2.45. The van der Waals surface area contributed by atoms with E-state index in [-0.39, 0.29) is 30.3 Å². The number of hydrogen-bond donors (Lipinski definition) is 3. The fraction of sp³-hybridized carbons (Fsp3) is 0.200. The minimum Gasteiger partial charge on any atom is -0.504 e. The number of aromatic hydroxyl groups is 2. The Bertz CT molecular complexity index is 605. The smallest absolute Gasteiger partial charge is 0.387 e. The molecule has 0 heterocycles. The molecule has 0 spiro atoms. The number of hydrogen-bond acceptors (Lipinski definition) is 4. The molecule has 2 aromatic carbocycles. The molecule has 0 fully saturated rings. The summed E-state index contributed by atoms with van der Waals surface area (Å²) in [5.74, 6) is -0.280. The van der Waals surface area contributed by atoms with Gasteiger partial charge in [0.15, 0.2) is 11.5 Å². The summed E-state index contributed by atoms with van der Waals surface area (Å²) in [5.41, 5.74) is 1.10. The van der Waals surface area contributed by atoms with Crippen molar-refractivity contribution < 1.29 is 23.7 Å². The molecule has 0 amide bonds. The van der Waals surface area contributed by atoms with Crippen LogP contribution in [0.5, 0.6) is 17.2 Å². The van der Waals surface area contributed by atoms with E-state index >= 15 is 0 Å². The van der Waals surface area contributed by atoms with E-state index in [1.807, 2.05) is 0 Å². The first-order chi connectivity index (χ1) is 10.1. The normalized spacial score (nSPS) is 10.8. The lowest BCUT2D eigenvalue weighted by atomic mass is 10.1. The van der Waals surface area contributed by atoms with Crippen molar-refractivity contribution in [3.05, 3.63) is 53.6 Å². The van der Waals surface area contributed by atoms with Crippen LogP contribution in [0.1, 0.15) is 11.1 Å². The summed E-state index contributed by atoms with van der Waals surface area (Å²) in [4.78, 5) is 0. The molecule has 6 heteroatoms. The van der Waals surface area contributed by atoms with Gasteiger partial charge < -0.3 is 20.3 Å². The van der Waals surface area contributed by atoms with Gasteiger partial charge in [0, 0.05) is 24.2 Å². The van der Waals surface area contributed by atoms with Gasteiger partial charge in [0.2, 0.25) is 0 Å². The summed E-state index contributed by atoms with van der Waals surface area (Å²) < 4.78 is 29.0. The number of rotatable bonds is 6. The van der Waals surface area contributed by atoms with Gasteiger partial charge >= 0.3 is 6.61 Å². The number of para-hydroxylation sites is 2. The third-order valence-corrected chi connectivity index (χ3v) is 2.92. The Kier molecular flexibility index (Phi) is 4.94. The minimum atomic E-state index is -2.87. The second-order valence-electron chi connectivity index (χ2n) is 4.37. The molecular formula is C15H15F2NO3. The first kappa shape index (κ1) is 15.1. The standard InChI is InChI=1S/C15H15F2NO3/c16-15(17)21-13-7-2-1-4-10(13)8-18-9-11-5-3-6-12(19)14(11)20/h1-7,15,18-20H,8-9H2. The maximum atomic E-state index is 12.3. The first-order valence-electron chi connectivity index (χ1n) is 6.31. The zero-order valence-electron chi connectivity index (χ0n) is 11.1. The molecule has 2 rings (SSSR count). The Balaban J connectivity index is 1.99. The Morgan fingerprint density at radius 3 is 2.38 bits per heavy atom. The number of phenolic OH excluding ortho intramolecular Hbond substituents is 2. The predicted octanol–water partition coefficient (Wildman–Crippen LogP) is 2.99. The second kappa shape index (κ2) is 6.90. The van der Waals surface area contributed by atoms with Gasteiger partial charge in [0.05, 0.1) is 0 Å². The molecule has 0 unspecified atom stereocenters. The topological polar surface area (TPSA) is 61.7 Å². The highest BCUT2D eigenvalue weighted by Crippen LogP contribution is 2.28. The van der Waals surface area contributed by atoms with Crippen LogP contribution in [0, 0.1) is 0 Å². The van der Waals surface area contributed by atoms with Crippen molar-refractivity contribution in [2.45, 2.75) is 19.7 Å². The molecule has 0 aliphatic carbocycles. The number of ether oxygens (including phenoxy) is 1. The van der Waals surface area contributed by atoms with E-state index in [0.717, 1.165) is 0 Å². The van der Waals surface area contributed by atoms with Crippen LogP contribution in [0.2, 0.25) is 0 Å². The van der Waals surface area contributed by atoms with Crippen LogP contribution in [-0.4, -0.2) is 16.8 Å². The van der Waals surface area contributed by atoms with Gasteiger partial charge in [-0.1, -0.05) is 30.3 Å². The highest BCUT2D eigenvalue weighted by molar-refractivity contribution is 5.44. The SMILES string of the molecule is Oc1cccc(CNCc2ccccc2OC(F)F)c1O. The molecule has 21 heavy (non-hydrogen) atoms. The third-order valence-electron chi connectivity index (χ3n) is 2.92. The molecule has 112 valence electrons. The second-order valence-corrected chi connectivity index (χ2v) is 4.37. The summed E-state index contributed by atoms with van der Waals surface area (Å²) >= 11 is 0. The lowest BCUT2D eigenvalue weighted by Crippen LogP contribution is -2.14. The predicted molar refractivity (Wildman–Crippen MR) is 73.4 cm³/mol. The molecule has 0 aromatic heterocycles. The van der Waals surface area contributed by atoms with E-state index in [9.17, 15) is 19.0 Å². The zero-order chi connectivity index (χ0) is 15.2. The van der Waals surface area contributed by atoms with Gasteiger partial charge in [0.1, 0.15) is 5.75 Å². The lowest BCUT2D eigenvalue weighted by molar-refractivity contribution is -0.0505. The van der Waals surface area contributed by atoms with Crippen molar-refractivity contribution >= 4 is 0 Å². The van der Waals surface area contributed by atoms with Crippen molar-refractivity contribution in [2.75, 3.05) is 0 Å². The van der Waals surface area contributed by atoms with E-state index in [0.29, 0.717) is 11.1 Å². The summed E-state index contributed by atoms with van der Waals surface area (Å²) in [6.45, 7) is -2.30. The van der Waals surface area contributed by atoms with Gasteiger partial charge in [0.25, 0.3) is 0 Å². The molecule has 2 aromatic rings. The highest BCUT2D eigenvalue weighted by atomic mass is 19.3. The molecule has 4 nitrogen and oxygen atoms in total. The van der Waals surface area contributed by atoms with Crippen LogP contribution in [0.4, 0.5) is 8.78 Å². The molecule has 0 saturated carbocycles. The maximum Gasteiger partial charge on any atom is 0.387 e. The third kappa shape index (κ3) is 4.06. The Morgan fingerprint density at radius 2 is 1.62 bits per heavy atom. The molecular weight excluding hydrogens is 280 g/mol. The van der Waals surface area contributed by atoms with E-state index < -0.39 is 6.61 Å². The number of phenols is 2. The van der Waals surface area contributed by atoms with Crippen LogP contribution < -0.4 is 10.1 Å². The van der Waals surface area contributed by atoms with Crippen molar-refractivity contribution in [2.24, 2.45) is 0 Å². The molecule has 0 aliphatic rings. The first-order valence-corrected chi connectivity index (χ1v) is 6.31. The van der Waals surface area contributed by atoms with Gasteiger partial charge in [-0.3, -0.25) is 0 Å². The van der Waals surface area contributed by atoms with E-state index in [1.165, 1.54) is 12.1 Å². The number of nitrogens with one attached hydrogen (secondary N) is 1. The summed E-state index contributed by atoms with van der Waals surface area (Å²) in [6.07, 6.45) is 0. The van der Waals surface area contributed by atoms with Crippen LogP contribution in [0.25, 0.3) is 0 Å². The summed E-state index contributed by atoms with van der Waals surface area (Å²) in [5, 5.41) is 22.0. The highest BCUT2D eigenvalue weighted by Gasteiger charge is 2.09. The molecule has 0 saturated heterocycles. The summed E-state index contributed by atoms with van der Waals surface area (Å²) in [6, 6.07) is 11.1. The fourth-order valence-corrected chi connectivity index (χ4v) is 1.91. The number of benzene rings is 2. The minimum absolute atomic E-state index is 0.111.